The van der Waals surface area contributed by atoms with E-state index in [0.29, 0.717) is 13.1 Å². The monoisotopic (exact) mass is 209 g/mol. The van der Waals surface area contributed by atoms with Crippen LogP contribution in [0, 0.1) is 0 Å². The molecule has 15 heavy (non-hydrogen) atoms. The smallest absolute Gasteiger partial charge is 0.320 e. The van der Waals surface area contributed by atoms with Gasteiger partial charge in [-0.1, -0.05) is 0 Å². The summed E-state index contributed by atoms with van der Waals surface area (Å²) in [5.74, 6) is 0. The number of hydrogen-bond acceptors (Lipinski definition) is 2. The first kappa shape index (κ1) is 10.0. The van der Waals surface area contributed by atoms with Crippen LogP contribution in [0.3, 0.4) is 0 Å². The molecular formula is C10H15N3O2. The molecule has 2 N–H and O–H groups in total. The van der Waals surface area contributed by atoms with E-state index in [-0.39, 0.29) is 18.7 Å². The van der Waals surface area contributed by atoms with Crippen LogP contribution >= 0.6 is 0 Å². The van der Waals surface area contributed by atoms with Gasteiger partial charge in [-0.05, 0) is 11.6 Å². The van der Waals surface area contributed by atoms with E-state index >= 15 is 0 Å². The second kappa shape index (κ2) is 3.94. The van der Waals surface area contributed by atoms with Crippen LogP contribution in [0.15, 0.2) is 18.5 Å². The predicted molar refractivity (Wildman–Crippen MR) is 55.4 cm³/mol. The molecule has 5 nitrogen and oxygen atoms in total. The fourth-order valence-corrected chi connectivity index (χ4v) is 1.95. The van der Waals surface area contributed by atoms with Crippen molar-refractivity contribution in [1.29, 1.82) is 0 Å². The zero-order chi connectivity index (χ0) is 10.8. The van der Waals surface area contributed by atoms with Crippen LogP contribution < -0.4 is 0 Å². The molecule has 5 heteroatoms. The molecule has 2 rings (SSSR count). The summed E-state index contributed by atoms with van der Waals surface area (Å²) in [6, 6.07) is 2.04. The van der Waals surface area contributed by atoms with Gasteiger partial charge in [0.15, 0.2) is 0 Å². The molecule has 0 aromatic carbocycles. The van der Waals surface area contributed by atoms with Gasteiger partial charge in [-0.3, -0.25) is 0 Å². The molecule has 0 bridgehead atoms. The largest absolute Gasteiger partial charge is 0.395 e. The van der Waals surface area contributed by atoms with Gasteiger partial charge in [0, 0.05) is 32.5 Å². The lowest BCUT2D eigenvalue weighted by Crippen LogP contribution is -2.31. The average molecular weight is 209 g/mol. The maximum absolute atomic E-state index is 11.7. The first-order valence-electron chi connectivity index (χ1n) is 4.99. The number of rotatable bonds is 3. The van der Waals surface area contributed by atoms with Crippen molar-refractivity contribution in [1.82, 2.24) is 14.8 Å². The lowest BCUT2D eigenvalue weighted by atomic mass is 10.1. The molecule has 1 aliphatic rings. The number of nitrogens with one attached hydrogen (secondary N) is 1. The van der Waals surface area contributed by atoms with Crippen molar-refractivity contribution in [2.75, 3.05) is 26.7 Å². The van der Waals surface area contributed by atoms with Crippen molar-refractivity contribution >= 4 is 6.03 Å². The van der Waals surface area contributed by atoms with E-state index in [2.05, 4.69) is 4.98 Å². The Labute approximate surface area is 88.3 Å². The van der Waals surface area contributed by atoms with Crippen LogP contribution in [-0.2, 0) is 0 Å². The molecule has 1 saturated heterocycles. The van der Waals surface area contributed by atoms with Gasteiger partial charge in [0.2, 0.25) is 0 Å². The lowest BCUT2D eigenvalue weighted by molar-refractivity contribution is 0.182. The standard InChI is InChI=1S/C10H15N3O2/c1-12-9(8-2-3-11-6-8)7-13(4-5-14)10(12)15/h2-3,6,9,11,14H,4-5,7H2,1H3. The van der Waals surface area contributed by atoms with Crippen LogP contribution in [-0.4, -0.2) is 52.7 Å². The third kappa shape index (κ3) is 1.70. The van der Waals surface area contributed by atoms with E-state index < -0.39 is 0 Å². The number of amides is 2. The van der Waals surface area contributed by atoms with E-state index in [9.17, 15) is 4.79 Å². The van der Waals surface area contributed by atoms with Crippen molar-refractivity contribution in [2.24, 2.45) is 0 Å². The summed E-state index contributed by atoms with van der Waals surface area (Å²) >= 11 is 0. The summed E-state index contributed by atoms with van der Waals surface area (Å²) in [6.45, 7) is 1.07. The summed E-state index contributed by atoms with van der Waals surface area (Å²) in [6.07, 6.45) is 3.75. The van der Waals surface area contributed by atoms with Crippen LogP contribution in [0.4, 0.5) is 4.79 Å². The SMILES string of the molecule is CN1C(=O)N(CCO)CC1c1cc[nH]c1. The maximum Gasteiger partial charge on any atom is 0.320 e. The molecular weight excluding hydrogens is 194 g/mol. The van der Waals surface area contributed by atoms with Crippen LogP contribution in [0.2, 0.25) is 0 Å². The first-order chi connectivity index (χ1) is 7.24. The highest BCUT2D eigenvalue weighted by Gasteiger charge is 2.34. The molecule has 0 aliphatic carbocycles. The normalized spacial score (nSPS) is 21.5. The number of β-amino-alcohol motifs (C(OH)–C–C–N with tert-alkyl or cyclic N) is 1. The third-order valence-corrected chi connectivity index (χ3v) is 2.81. The van der Waals surface area contributed by atoms with Crippen molar-refractivity contribution in [2.45, 2.75) is 6.04 Å². The number of carbonyl (C=O) groups is 1. The number of aliphatic hydroxyl groups excluding tert-OH is 1. The van der Waals surface area contributed by atoms with E-state index in [1.165, 1.54) is 0 Å². The molecule has 0 spiro atoms. The fourth-order valence-electron chi connectivity index (χ4n) is 1.95. The van der Waals surface area contributed by atoms with Gasteiger partial charge < -0.3 is 19.9 Å². The van der Waals surface area contributed by atoms with Crippen LogP contribution in [0.5, 0.6) is 0 Å². The first-order valence-corrected chi connectivity index (χ1v) is 4.99. The van der Waals surface area contributed by atoms with Crippen molar-refractivity contribution in [3.8, 4) is 0 Å². The Morgan fingerprint density at radius 3 is 3.07 bits per heavy atom. The summed E-state index contributed by atoms with van der Waals surface area (Å²) in [5, 5.41) is 8.83. The molecule has 0 saturated carbocycles. The minimum Gasteiger partial charge on any atom is -0.395 e. The van der Waals surface area contributed by atoms with Gasteiger partial charge in [0.1, 0.15) is 0 Å². The Morgan fingerprint density at radius 1 is 1.67 bits per heavy atom. The molecule has 2 amide bonds. The number of carbonyl (C=O) groups excluding carboxylic acids is 1. The molecule has 1 aromatic rings. The Balaban J connectivity index is 2.13. The van der Waals surface area contributed by atoms with E-state index in [1.807, 2.05) is 18.5 Å². The Kier molecular flexibility index (Phi) is 2.64. The number of hydrogen-bond donors (Lipinski definition) is 2. The lowest BCUT2D eigenvalue weighted by Gasteiger charge is -2.16. The summed E-state index contributed by atoms with van der Waals surface area (Å²) in [5.41, 5.74) is 1.10. The molecule has 1 aliphatic heterocycles. The highest BCUT2D eigenvalue weighted by Crippen LogP contribution is 2.27. The number of aromatic amines is 1. The Hall–Kier alpha value is -1.49. The number of H-pyrrole nitrogens is 1. The molecule has 1 fully saturated rings. The molecule has 82 valence electrons. The highest BCUT2D eigenvalue weighted by atomic mass is 16.3. The number of nitrogens with zero attached hydrogens (tertiary/aromatic N) is 2. The second-order valence-electron chi connectivity index (χ2n) is 3.72. The predicted octanol–water partition coefficient (Wildman–Crippen LogP) is 0.416. The van der Waals surface area contributed by atoms with Gasteiger partial charge >= 0.3 is 6.03 Å². The second-order valence-corrected chi connectivity index (χ2v) is 3.72. The zero-order valence-electron chi connectivity index (χ0n) is 8.68. The van der Waals surface area contributed by atoms with E-state index in [4.69, 9.17) is 5.11 Å². The summed E-state index contributed by atoms with van der Waals surface area (Å²) < 4.78 is 0. The Morgan fingerprint density at radius 2 is 2.47 bits per heavy atom. The molecule has 2 heterocycles. The van der Waals surface area contributed by atoms with Crippen molar-refractivity contribution in [3.05, 3.63) is 24.0 Å². The summed E-state index contributed by atoms with van der Waals surface area (Å²) in [4.78, 5) is 18.1. The molecule has 1 atom stereocenters. The minimum absolute atomic E-state index is 0.0133. The number of aliphatic hydroxyl groups is 1. The highest BCUT2D eigenvalue weighted by molar-refractivity contribution is 5.77. The van der Waals surface area contributed by atoms with Crippen LogP contribution in [0.1, 0.15) is 11.6 Å². The molecule has 1 aromatic heterocycles. The van der Waals surface area contributed by atoms with Gasteiger partial charge in [-0.25, -0.2) is 4.79 Å². The van der Waals surface area contributed by atoms with Crippen molar-refractivity contribution < 1.29 is 9.90 Å². The average Bonchev–Trinajstić information content (AvgIpc) is 2.82. The number of urea groups is 1. The third-order valence-electron chi connectivity index (χ3n) is 2.81. The molecule has 0 radical (unpaired) electrons. The van der Waals surface area contributed by atoms with Gasteiger partial charge in [0.25, 0.3) is 0 Å². The van der Waals surface area contributed by atoms with Crippen LogP contribution in [0.25, 0.3) is 0 Å². The summed E-state index contributed by atoms with van der Waals surface area (Å²) in [7, 11) is 1.79. The van der Waals surface area contributed by atoms with E-state index in [1.54, 1.807) is 16.8 Å². The quantitative estimate of drug-likeness (QED) is 0.757. The van der Waals surface area contributed by atoms with E-state index in [0.717, 1.165) is 5.56 Å². The number of aromatic nitrogens is 1. The van der Waals surface area contributed by atoms with Crippen molar-refractivity contribution in [3.63, 3.8) is 0 Å². The zero-order valence-corrected chi connectivity index (χ0v) is 8.68. The molecule has 1 unspecified atom stereocenters. The maximum atomic E-state index is 11.7. The van der Waals surface area contributed by atoms with Gasteiger partial charge in [0.05, 0.1) is 12.6 Å². The minimum atomic E-state index is -0.0183. The topological polar surface area (TPSA) is 59.6 Å². The van der Waals surface area contributed by atoms with Gasteiger partial charge in [-0.15, -0.1) is 0 Å². The fraction of sp³-hybridized carbons (Fsp3) is 0.500. The number of likely N-dealkylation sites (N-methyl/N-ethyl adjacent to an activating group) is 1. The van der Waals surface area contributed by atoms with Gasteiger partial charge in [-0.2, -0.15) is 0 Å². The Bertz CT molecular complexity index is 336.